The zero-order valence-corrected chi connectivity index (χ0v) is 19.3. The fourth-order valence-electron chi connectivity index (χ4n) is 3.03. The summed E-state index contributed by atoms with van der Waals surface area (Å²) in [6.07, 6.45) is 1.73. The van der Waals surface area contributed by atoms with Crippen LogP contribution in [0.15, 0.2) is 89.3 Å². The second-order valence-corrected chi connectivity index (χ2v) is 7.92. The molecular weight excluding hydrogens is 450 g/mol. The molecule has 0 fully saturated rings. The lowest BCUT2D eigenvalue weighted by molar-refractivity contribution is 0.0600. The number of esters is 1. The number of aromatic nitrogens is 1. The van der Waals surface area contributed by atoms with Gasteiger partial charge in [0.05, 0.1) is 24.6 Å². The number of anilines is 1. The number of thiazole rings is 1. The van der Waals surface area contributed by atoms with Crippen LogP contribution in [0.4, 0.5) is 5.13 Å². The van der Waals surface area contributed by atoms with Crippen LogP contribution in [-0.2, 0) is 4.74 Å². The van der Waals surface area contributed by atoms with Gasteiger partial charge in [-0.2, -0.15) is 5.10 Å². The average molecular weight is 474 g/mol. The van der Waals surface area contributed by atoms with E-state index < -0.39 is 5.97 Å². The molecule has 0 atom stereocenters. The Morgan fingerprint density at radius 3 is 2.50 bits per heavy atom. The van der Waals surface area contributed by atoms with E-state index in [9.17, 15) is 4.79 Å². The molecule has 3 aromatic carbocycles. The topological polar surface area (TPSA) is 82.0 Å². The van der Waals surface area contributed by atoms with Crippen LogP contribution in [0.2, 0.25) is 0 Å². The van der Waals surface area contributed by atoms with Crippen molar-refractivity contribution in [3.63, 3.8) is 0 Å². The van der Waals surface area contributed by atoms with Gasteiger partial charge >= 0.3 is 5.97 Å². The number of hydrogen-bond donors (Lipinski definition) is 1. The summed E-state index contributed by atoms with van der Waals surface area (Å²) in [5.41, 5.74) is 6.34. The maximum absolute atomic E-state index is 11.6. The summed E-state index contributed by atoms with van der Waals surface area (Å²) < 4.78 is 16.1. The lowest BCUT2D eigenvalue weighted by Gasteiger charge is -2.09. The van der Waals surface area contributed by atoms with E-state index >= 15 is 0 Å². The van der Waals surface area contributed by atoms with Crippen molar-refractivity contribution in [1.82, 2.24) is 4.98 Å². The quantitative estimate of drug-likeness (QED) is 0.142. The van der Waals surface area contributed by atoms with E-state index in [0.717, 1.165) is 27.7 Å². The summed E-state index contributed by atoms with van der Waals surface area (Å²) in [5, 5.41) is 6.99. The van der Waals surface area contributed by atoms with Crippen molar-refractivity contribution in [2.45, 2.75) is 0 Å². The van der Waals surface area contributed by atoms with E-state index in [4.69, 9.17) is 14.2 Å². The zero-order chi connectivity index (χ0) is 23.6. The molecule has 1 heterocycles. The smallest absolute Gasteiger partial charge is 0.337 e. The van der Waals surface area contributed by atoms with Crippen LogP contribution in [-0.4, -0.2) is 37.5 Å². The van der Waals surface area contributed by atoms with Crippen molar-refractivity contribution in [3.05, 3.63) is 95.4 Å². The van der Waals surface area contributed by atoms with Gasteiger partial charge in [0.15, 0.2) is 0 Å². The lowest BCUT2D eigenvalue weighted by atomic mass is 10.2. The van der Waals surface area contributed by atoms with Crippen LogP contribution in [0, 0.1) is 0 Å². The zero-order valence-electron chi connectivity index (χ0n) is 18.5. The van der Waals surface area contributed by atoms with Crippen molar-refractivity contribution >= 4 is 28.7 Å². The number of benzene rings is 3. The summed E-state index contributed by atoms with van der Waals surface area (Å²) in [6, 6.07) is 24.4. The van der Waals surface area contributed by atoms with Gasteiger partial charge in [-0.1, -0.05) is 36.4 Å². The molecule has 0 aliphatic heterocycles. The van der Waals surface area contributed by atoms with Crippen molar-refractivity contribution in [2.75, 3.05) is 25.7 Å². The second-order valence-electron chi connectivity index (χ2n) is 7.06. The Morgan fingerprint density at radius 1 is 0.971 bits per heavy atom. The first-order valence-electron chi connectivity index (χ1n) is 10.6. The molecule has 0 aliphatic carbocycles. The summed E-state index contributed by atoms with van der Waals surface area (Å²) in [4.78, 5) is 16.1. The Labute approximate surface area is 201 Å². The predicted octanol–water partition coefficient (Wildman–Crippen LogP) is 5.50. The van der Waals surface area contributed by atoms with Crippen molar-refractivity contribution in [1.29, 1.82) is 0 Å². The molecule has 1 aromatic heterocycles. The Balaban J connectivity index is 1.21. The monoisotopic (exact) mass is 473 g/mol. The molecule has 0 saturated carbocycles. The number of ether oxygens (including phenoxy) is 3. The third kappa shape index (κ3) is 6.43. The van der Waals surface area contributed by atoms with Crippen LogP contribution in [0.3, 0.4) is 0 Å². The molecule has 0 unspecified atom stereocenters. The summed E-state index contributed by atoms with van der Waals surface area (Å²) in [7, 11) is 1.35. The normalized spacial score (nSPS) is 10.7. The van der Waals surface area contributed by atoms with Gasteiger partial charge < -0.3 is 14.2 Å². The van der Waals surface area contributed by atoms with E-state index in [2.05, 4.69) is 15.5 Å². The molecular formula is C26H23N3O4S. The van der Waals surface area contributed by atoms with Crippen molar-refractivity contribution in [3.8, 4) is 22.8 Å². The standard InChI is InChI=1S/C26H23N3O4S/c1-31-25(30)21-8-5-9-23(16-21)33-15-14-32-22-12-10-19(11-13-22)17-27-29-26-28-24(18-34-26)20-6-3-2-4-7-20/h2-13,16-18H,14-15H2,1H3,(H,28,29). The highest BCUT2D eigenvalue weighted by molar-refractivity contribution is 7.14. The third-order valence-electron chi connectivity index (χ3n) is 4.70. The lowest BCUT2D eigenvalue weighted by Crippen LogP contribution is -2.09. The molecule has 0 saturated heterocycles. The highest BCUT2D eigenvalue weighted by atomic mass is 32.1. The molecule has 0 spiro atoms. The largest absolute Gasteiger partial charge is 0.490 e. The number of carbonyl (C=O) groups excluding carboxylic acids is 1. The molecule has 0 aliphatic rings. The Bertz CT molecular complexity index is 1240. The molecule has 0 radical (unpaired) electrons. The summed E-state index contributed by atoms with van der Waals surface area (Å²) >= 11 is 1.50. The fraction of sp³-hybridized carbons (Fsp3) is 0.115. The van der Waals surface area contributed by atoms with Gasteiger partial charge in [-0.05, 0) is 48.0 Å². The van der Waals surface area contributed by atoms with Crippen LogP contribution < -0.4 is 14.9 Å². The first-order chi connectivity index (χ1) is 16.7. The Morgan fingerprint density at radius 2 is 1.74 bits per heavy atom. The Kier molecular flexibility index (Phi) is 7.86. The maximum Gasteiger partial charge on any atom is 0.337 e. The highest BCUT2D eigenvalue weighted by Crippen LogP contribution is 2.24. The minimum absolute atomic E-state index is 0.344. The minimum atomic E-state index is -0.399. The van der Waals surface area contributed by atoms with E-state index in [1.54, 1.807) is 30.5 Å². The van der Waals surface area contributed by atoms with E-state index in [1.165, 1.54) is 18.4 Å². The predicted molar refractivity (Wildman–Crippen MR) is 134 cm³/mol. The number of hydrogen-bond acceptors (Lipinski definition) is 8. The molecule has 1 N–H and O–H groups in total. The number of nitrogens with one attached hydrogen (secondary N) is 1. The Hall–Kier alpha value is -4.17. The average Bonchev–Trinajstić information content (AvgIpc) is 3.37. The fourth-order valence-corrected chi connectivity index (χ4v) is 3.70. The summed E-state index contributed by atoms with van der Waals surface area (Å²) in [5.74, 6) is 0.912. The number of nitrogens with zero attached hydrogens (tertiary/aromatic N) is 2. The van der Waals surface area contributed by atoms with Gasteiger partial charge in [0.25, 0.3) is 0 Å². The molecule has 172 valence electrons. The van der Waals surface area contributed by atoms with Gasteiger partial charge in [0, 0.05) is 10.9 Å². The van der Waals surface area contributed by atoms with Crippen LogP contribution in [0.1, 0.15) is 15.9 Å². The second kappa shape index (κ2) is 11.6. The van der Waals surface area contributed by atoms with Gasteiger partial charge in [-0.25, -0.2) is 9.78 Å². The van der Waals surface area contributed by atoms with E-state index in [-0.39, 0.29) is 0 Å². The number of rotatable bonds is 10. The maximum atomic E-state index is 11.6. The summed E-state index contributed by atoms with van der Waals surface area (Å²) in [6.45, 7) is 0.710. The molecule has 0 amide bonds. The van der Waals surface area contributed by atoms with E-state index in [0.29, 0.717) is 24.5 Å². The minimum Gasteiger partial charge on any atom is -0.490 e. The van der Waals surface area contributed by atoms with Crippen LogP contribution in [0.25, 0.3) is 11.3 Å². The number of carbonyl (C=O) groups is 1. The van der Waals surface area contributed by atoms with Crippen molar-refractivity contribution in [2.24, 2.45) is 5.10 Å². The molecule has 8 heteroatoms. The highest BCUT2D eigenvalue weighted by Gasteiger charge is 2.06. The van der Waals surface area contributed by atoms with Crippen molar-refractivity contribution < 1.29 is 19.0 Å². The molecule has 0 bridgehead atoms. The van der Waals surface area contributed by atoms with Gasteiger partial charge in [0.2, 0.25) is 5.13 Å². The number of hydrazone groups is 1. The first kappa shape index (κ1) is 23.0. The first-order valence-corrected chi connectivity index (χ1v) is 11.4. The molecule has 4 rings (SSSR count). The number of methoxy groups -OCH3 is 1. The van der Waals surface area contributed by atoms with E-state index in [1.807, 2.05) is 60.0 Å². The van der Waals surface area contributed by atoms with Crippen LogP contribution >= 0.6 is 11.3 Å². The van der Waals surface area contributed by atoms with Gasteiger partial charge in [0.1, 0.15) is 24.7 Å². The third-order valence-corrected chi connectivity index (χ3v) is 5.45. The van der Waals surface area contributed by atoms with Crippen LogP contribution in [0.5, 0.6) is 11.5 Å². The van der Waals surface area contributed by atoms with Gasteiger partial charge in [-0.3, -0.25) is 5.43 Å². The molecule has 7 nitrogen and oxygen atoms in total. The SMILES string of the molecule is COC(=O)c1cccc(OCCOc2ccc(C=NNc3nc(-c4ccccc4)cs3)cc2)c1. The van der Waals surface area contributed by atoms with Gasteiger partial charge in [-0.15, -0.1) is 11.3 Å². The molecule has 34 heavy (non-hydrogen) atoms. The molecule has 4 aromatic rings.